The molecule has 0 aliphatic heterocycles. The van der Waals surface area contributed by atoms with Crippen molar-refractivity contribution in [3.63, 3.8) is 0 Å². The fourth-order valence-electron chi connectivity index (χ4n) is 2.18. The number of anilines is 2. The Morgan fingerprint density at radius 2 is 1.74 bits per heavy atom. The predicted octanol–water partition coefficient (Wildman–Crippen LogP) is 2.25. The fraction of sp³-hybridized carbons (Fsp3) is 0.235. The summed E-state index contributed by atoms with van der Waals surface area (Å²) >= 11 is 3.14. The molecule has 2 aromatic rings. The molecule has 3 N–H and O–H groups in total. The van der Waals surface area contributed by atoms with Crippen LogP contribution in [0, 0.1) is 0 Å². The minimum absolute atomic E-state index is 0.109. The van der Waals surface area contributed by atoms with E-state index in [4.69, 9.17) is 24.7 Å². The summed E-state index contributed by atoms with van der Waals surface area (Å²) in [6.45, 7) is -0.505. The zero-order valence-electron chi connectivity index (χ0n) is 14.9. The number of pyridine rings is 1. The van der Waals surface area contributed by atoms with Gasteiger partial charge in [0.2, 0.25) is 5.75 Å². The Labute approximate surface area is 163 Å². The highest BCUT2D eigenvalue weighted by molar-refractivity contribution is 9.10. The van der Waals surface area contributed by atoms with Crippen LogP contribution in [0.2, 0.25) is 0 Å². The number of aromatic nitrogens is 1. The molecule has 144 valence electrons. The highest BCUT2D eigenvalue weighted by atomic mass is 79.9. The van der Waals surface area contributed by atoms with Gasteiger partial charge in [0.1, 0.15) is 4.60 Å². The number of ether oxygens (including phenoxy) is 4. The molecule has 10 heteroatoms. The molecule has 0 spiro atoms. The van der Waals surface area contributed by atoms with Crippen LogP contribution in [0.15, 0.2) is 29.0 Å². The number of carbonyl (C=O) groups excluding carboxylic acids is 2. The van der Waals surface area contributed by atoms with Crippen molar-refractivity contribution in [1.29, 1.82) is 0 Å². The van der Waals surface area contributed by atoms with E-state index in [1.165, 1.54) is 33.6 Å². The number of esters is 1. The van der Waals surface area contributed by atoms with Crippen LogP contribution in [0.4, 0.5) is 11.4 Å². The molecule has 0 fully saturated rings. The average Bonchev–Trinajstić information content (AvgIpc) is 2.67. The van der Waals surface area contributed by atoms with E-state index in [9.17, 15) is 9.59 Å². The second-order valence-corrected chi connectivity index (χ2v) is 5.95. The molecule has 0 unspecified atom stereocenters. The van der Waals surface area contributed by atoms with Crippen molar-refractivity contribution >= 4 is 39.2 Å². The molecule has 1 amide bonds. The Bertz CT molecular complexity index is 834. The van der Waals surface area contributed by atoms with Crippen molar-refractivity contribution in [3.8, 4) is 17.2 Å². The number of nitrogen functional groups attached to an aromatic ring is 1. The second kappa shape index (κ2) is 9.08. The number of hydrogen-bond donors (Lipinski definition) is 2. The minimum Gasteiger partial charge on any atom is -0.493 e. The minimum atomic E-state index is -0.740. The van der Waals surface area contributed by atoms with Crippen LogP contribution in [-0.2, 0) is 9.53 Å². The summed E-state index contributed by atoms with van der Waals surface area (Å²) in [6.07, 6.45) is 1.32. The van der Waals surface area contributed by atoms with Crippen LogP contribution in [-0.4, -0.2) is 44.8 Å². The van der Waals surface area contributed by atoms with Gasteiger partial charge >= 0.3 is 5.97 Å². The van der Waals surface area contributed by atoms with Gasteiger partial charge in [-0.15, -0.1) is 0 Å². The van der Waals surface area contributed by atoms with Gasteiger partial charge in [0.05, 0.1) is 38.8 Å². The van der Waals surface area contributed by atoms with E-state index in [-0.39, 0.29) is 11.3 Å². The Balaban J connectivity index is 2.05. The zero-order chi connectivity index (χ0) is 20.0. The largest absolute Gasteiger partial charge is 0.493 e. The number of methoxy groups -OCH3 is 3. The Kier molecular flexibility index (Phi) is 6.83. The maximum Gasteiger partial charge on any atom is 0.340 e. The van der Waals surface area contributed by atoms with Crippen molar-refractivity contribution in [1.82, 2.24) is 4.98 Å². The van der Waals surface area contributed by atoms with Crippen LogP contribution in [0.5, 0.6) is 17.2 Å². The number of amides is 1. The molecule has 0 aliphatic carbocycles. The molecule has 0 saturated carbocycles. The first kappa shape index (κ1) is 20.3. The third-order valence-corrected chi connectivity index (χ3v) is 3.84. The number of hydrogen-bond acceptors (Lipinski definition) is 8. The quantitative estimate of drug-likeness (QED) is 0.497. The summed E-state index contributed by atoms with van der Waals surface area (Å²) in [5.74, 6) is -0.153. The molecular formula is C17H18BrN3O6. The molecule has 0 atom stereocenters. The van der Waals surface area contributed by atoms with Gasteiger partial charge in [-0.25, -0.2) is 9.78 Å². The van der Waals surface area contributed by atoms with E-state index in [1.54, 1.807) is 12.1 Å². The summed E-state index contributed by atoms with van der Waals surface area (Å²) in [5.41, 5.74) is 6.33. The Hall–Kier alpha value is -3.01. The van der Waals surface area contributed by atoms with Crippen LogP contribution < -0.4 is 25.3 Å². The van der Waals surface area contributed by atoms with E-state index in [1.807, 2.05) is 0 Å². The van der Waals surface area contributed by atoms with E-state index < -0.39 is 18.5 Å². The zero-order valence-corrected chi connectivity index (χ0v) is 16.5. The van der Waals surface area contributed by atoms with Crippen LogP contribution in [0.25, 0.3) is 0 Å². The lowest BCUT2D eigenvalue weighted by atomic mass is 10.2. The topological polar surface area (TPSA) is 122 Å². The van der Waals surface area contributed by atoms with Crippen molar-refractivity contribution in [2.75, 3.05) is 39.0 Å². The van der Waals surface area contributed by atoms with Crippen LogP contribution in [0.1, 0.15) is 10.4 Å². The highest BCUT2D eigenvalue weighted by Crippen LogP contribution is 2.39. The number of carbonyl (C=O) groups is 2. The Morgan fingerprint density at radius 1 is 1.11 bits per heavy atom. The molecule has 27 heavy (non-hydrogen) atoms. The molecule has 0 radical (unpaired) electrons. The van der Waals surface area contributed by atoms with Gasteiger partial charge in [-0.1, -0.05) is 0 Å². The number of rotatable bonds is 7. The first-order valence-electron chi connectivity index (χ1n) is 7.57. The fourth-order valence-corrected chi connectivity index (χ4v) is 2.51. The van der Waals surface area contributed by atoms with Crippen molar-refractivity contribution in [2.45, 2.75) is 0 Å². The summed E-state index contributed by atoms with van der Waals surface area (Å²) in [7, 11) is 4.39. The van der Waals surface area contributed by atoms with Crippen molar-refractivity contribution in [3.05, 3.63) is 34.6 Å². The van der Waals surface area contributed by atoms with Gasteiger partial charge in [-0.3, -0.25) is 4.79 Å². The monoisotopic (exact) mass is 439 g/mol. The predicted molar refractivity (Wildman–Crippen MR) is 101 cm³/mol. The maximum atomic E-state index is 12.1. The molecule has 9 nitrogen and oxygen atoms in total. The smallest absolute Gasteiger partial charge is 0.340 e. The number of nitrogens with one attached hydrogen (secondary N) is 1. The number of halogens is 1. The Morgan fingerprint density at radius 3 is 2.30 bits per heavy atom. The van der Waals surface area contributed by atoms with Gasteiger partial charge < -0.3 is 30.0 Å². The molecule has 1 heterocycles. The summed E-state index contributed by atoms with van der Waals surface area (Å²) in [5, 5.41) is 2.59. The third kappa shape index (κ3) is 5.00. The molecular weight excluding hydrogens is 422 g/mol. The molecule has 0 aliphatic rings. The molecule has 0 saturated heterocycles. The van der Waals surface area contributed by atoms with E-state index in [0.29, 0.717) is 27.5 Å². The first-order valence-corrected chi connectivity index (χ1v) is 8.36. The third-order valence-electron chi connectivity index (χ3n) is 3.40. The van der Waals surface area contributed by atoms with Crippen molar-refractivity contribution < 1.29 is 28.5 Å². The van der Waals surface area contributed by atoms with E-state index in [0.717, 1.165) is 0 Å². The van der Waals surface area contributed by atoms with Gasteiger partial charge in [0, 0.05) is 17.8 Å². The summed E-state index contributed by atoms with van der Waals surface area (Å²) < 4.78 is 21.1. The van der Waals surface area contributed by atoms with Gasteiger partial charge in [0.15, 0.2) is 18.1 Å². The lowest BCUT2D eigenvalue weighted by Crippen LogP contribution is -2.21. The van der Waals surface area contributed by atoms with E-state index in [2.05, 4.69) is 26.2 Å². The first-order chi connectivity index (χ1) is 12.9. The second-order valence-electron chi connectivity index (χ2n) is 5.13. The maximum absolute atomic E-state index is 12.1. The molecule has 1 aromatic carbocycles. The summed E-state index contributed by atoms with van der Waals surface area (Å²) in [4.78, 5) is 28.1. The van der Waals surface area contributed by atoms with Crippen molar-refractivity contribution in [2.24, 2.45) is 0 Å². The van der Waals surface area contributed by atoms with Gasteiger partial charge in [-0.2, -0.15) is 0 Å². The SMILES string of the molecule is COc1cc(NC(=O)COC(=O)c2cc(Br)ncc2N)cc(OC)c1OC. The van der Waals surface area contributed by atoms with Gasteiger partial charge in [-0.05, 0) is 22.0 Å². The van der Waals surface area contributed by atoms with Crippen LogP contribution in [0.3, 0.4) is 0 Å². The standard InChI is InChI=1S/C17H18BrN3O6/c1-24-12-4-9(5-13(25-2)16(12)26-3)21-15(22)8-27-17(23)10-6-14(18)20-7-11(10)19/h4-7H,8,19H2,1-3H3,(H,21,22). The number of nitrogens with zero attached hydrogens (tertiary/aromatic N) is 1. The normalized spacial score (nSPS) is 10.1. The lowest BCUT2D eigenvalue weighted by molar-refractivity contribution is -0.119. The molecule has 2 rings (SSSR count). The highest BCUT2D eigenvalue weighted by Gasteiger charge is 2.17. The van der Waals surface area contributed by atoms with Crippen LogP contribution >= 0.6 is 15.9 Å². The molecule has 0 bridgehead atoms. The molecule has 1 aromatic heterocycles. The summed E-state index contributed by atoms with van der Waals surface area (Å²) in [6, 6.07) is 4.52. The number of benzene rings is 1. The average molecular weight is 440 g/mol. The van der Waals surface area contributed by atoms with Gasteiger partial charge in [0.25, 0.3) is 5.91 Å². The number of nitrogens with two attached hydrogens (primary N) is 1. The van der Waals surface area contributed by atoms with E-state index >= 15 is 0 Å². The lowest BCUT2D eigenvalue weighted by Gasteiger charge is -2.14.